The Hall–Kier alpha value is -2.92. The minimum absolute atomic E-state index is 0.0208. The van der Waals surface area contributed by atoms with Gasteiger partial charge in [0.15, 0.2) is 5.96 Å². The van der Waals surface area contributed by atoms with Crippen molar-refractivity contribution in [1.82, 2.24) is 4.90 Å². The van der Waals surface area contributed by atoms with Gasteiger partial charge in [-0.05, 0) is 218 Å². The molecule has 11 nitrogen and oxygen atoms in total. The molecule has 0 spiro atoms. The smallest absolute Gasteiger partial charge is 0.313 e. The van der Waals surface area contributed by atoms with E-state index in [1.807, 2.05) is 0 Å². The maximum atomic E-state index is 12.7. The zero-order valence-electron chi connectivity index (χ0n) is 50.1. The predicted octanol–water partition coefficient (Wildman–Crippen LogP) is 13.2. The molecule has 0 aromatic heterocycles. The van der Waals surface area contributed by atoms with Crippen molar-refractivity contribution in [3.63, 3.8) is 0 Å². The summed E-state index contributed by atoms with van der Waals surface area (Å²) in [6.07, 6.45) is 25.4. The number of nitrogens with two attached hydrogens (primary N) is 2. The summed E-state index contributed by atoms with van der Waals surface area (Å²) >= 11 is 0. The van der Waals surface area contributed by atoms with E-state index in [2.05, 4.69) is 114 Å². The van der Waals surface area contributed by atoms with Crippen molar-refractivity contribution >= 4 is 23.9 Å². The van der Waals surface area contributed by atoms with Gasteiger partial charge in [0.2, 0.25) is 5.96 Å². The van der Waals surface area contributed by atoms with E-state index in [1.165, 1.54) is 54.6 Å². The Bertz CT molecular complexity index is 2220. The molecule has 0 heterocycles. The van der Waals surface area contributed by atoms with Crippen molar-refractivity contribution in [2.75, 3.05) is 14.1 Å². The highest BCUT2D eigenvalue weighted by Gasteiger charge is 2.72. The van der Waals surface area contributed by atoms with Crippen molar-refractivity contribution in [2.24, 2.45) is 117 Å². The maximum absolute atomic E-state index is 12.7. The zero-order valence-corrected chi connectivity index (χ0v) is 50.1. The van der Waals surface area contributed by atoms with Crippen molar-refractivity contribution < 1.29 is 30.0 Å². The predicted molar refractivity (Wildman–Crippen MR) is 303 cm³/mol. The first-order valence-corrected chi connectivity index (χ1v) is 30.0. The molecule has 0 aromatic carbocycles. The van der Waals surface area contributed by atoms with Crippen LogP contribution in [0.15, 0.2) is 28.3 Å². The number of nitrogens with one attached hydrogen (secondary N) is 1. The molecule has 2 unspecified atom stereocenters. The van der Waals surface area contributed by atoms with E-state index in [4.69, 9.17) is 16.9 Å². The third-order valence-corrected chi connectivity index (χ3v) is 26.6. The Labute approximate surface area is 454 Å². The maximum Gasteiger partial charge on any atom is 0.313 e. The van der Waals surface area contributed by atoms with E-state index in [0.717, 1.165) is 89.9 Å². The standard InChI is InChI=1S/2C30H48O3.C4H11N5/c2*1-25(2)14-16-30(24(32)33)17-15-28(6)19(20(30)18-25)8-9-22-27(5)12-11-23(31)26(3,4)21(27)10-13-29(22,28)7;1-9(2)4(7)8-3(5)6/h2*18-19,21-23,31H,8-17H2,1-7H3,(H,32,33);1-2H3,(H5,5,6,7,8)/t2*19?,21-,22+,23-,27-,28+,29+,30-;/m00./s1. The van der Waals surface area contributed by atoms with E-state index >= 15 is 0 Å². The number of fused-ring (bicyclic) bond motifs is 14. The summed E-state index contributed by atoms with van der Waals surface area (Å²) in [5.41, 5.74) is 12.8. The normalized spacial score (nSPS) is 47.1. The fraction of sp³-hybridized carbons (Fsp3) is 0.875. The molecule has 11 heteroatoms. The molecular formula is C64H107N5O6. The lowest BCUT2D eigenvalue weighted by atomic mass is 9.32. The third kappa shape index (κ3) is 8.56. The molecule has 10 aliphatic carbocycles. The van der Waals surface area contributed by atoms with Gasteiger partial charge in [-0.2, -0.15) is 4.99 Å². The van der Waals surface area contributed by atoms with Crippen LogP contribution in [-0.4, -0.2) is 75.5 Å². The largest absolute Gasteiger partial charge is 0.481 e. The molecule has 10 aliphatic rings. The minimum Gasteiger partial charge on any atom is -0.481 e. The Morgan fingerprint density at radius 1 is 0.493 bits per heavy atom. The second kappa shape index (κ2) is 18.6. The molecule has 8 fully saturated rings. The average Bonchev–Trinajstić information content (AvgIpc) is 3.29. The third-order valence-electron chi connectivity index (χ3n) is 26.6. The van der Waals surface area contributed by atoms with E-state index in [1.54, 1.807) is 14.1 Å². The number of nitrogens with zero attached hydrogens (tertiary/aromatic N) is 2. The monoisotopic (exact) mass is 1040 g/mol. The van der Waals surface area contributed by atoms with Crippen molar-refractivity contribution in [1.29, 1.82) is 5.41 Å². The van der Waals surface area contributed by atoms with Crippen LogP contribution >= 0.6 is 0 Å². The van der Waals surface area contributed by atoms with Crippen molar-refractivity contribution in [3.8, 4) is 0 Å². The van der Waals surface area contributed by atoms with Crippen LogP contribution < -0.4 is 11.5 Å². The number of guanidine groups is 2. The van der Waals surface area contributed by atoms with Gasteiger partial charge in [0, 0.05) is 14.1 Å². The SMILES string of the molecule is CC1(C)C=C2C3CC[C@@H]4[C@@]5(C)CC[C@H](O)C(C)(C)[C@@H]5CC[C@@]4(C)[C@]3(C)CC[C@@]2(C(=O)O)CC1.CC1(C)C=C2C3CC[C@@H]4[C@@]5(C)CC[C@H](O)C(C)(C)[C@@H]5CC[C@@]4(C)[C@]3(C)CC[C@@]2(C(=O)O)CC1.CN(C)C(=N)N=C(N)N. The summed E-state index contributed by atoms with van der Waals surface area (Å²) in [6.45, 7) is 33.8. The minimum atomic E-state index is -0.624. The number of hydrogen-bond acceptors (Lipinski definition) is 5. The molecule has 0 saturated heterocycles. The van der Waals surface area contributed by atoms with Crippen LogP contribution in [0.5, 0.6) is 0 Å². The first-order chi connectivity index (χ1) is 34.3. The molecule has 8 saturated carbocycles. The second-order valence-corrected chi connectivity index (χ2v) is 31.7. The quantitative estimate of drug-likeness (QED) is 0.0797. The topological polar surface area (TPSA) is 207 Å². The molecule has 75 heavy (non-hydrogen) atoms. The molecule has 16 atom stereocenters. The van der Waals surface area contributed by atoms with E-state index in [-0.39, 0.29) is 78.3 Å². The Balaban J connectivity index is 0.000000172. The van der Waals surface area contributed by atoms with Gasteiger partial charge in [-0.3, -0.25) is 15.0 Å². The lowest BCUT2D eigenvalue weighted by Gasteiger charge is -2.72. The number of carboxylic acids is 2. The van der Waals surface area contributed by atoms with E-state index in [9.17, 15) is 30.0 Å². The van der Waals surface area contributed by atoms with Gasteiger partial charge in [0.1, 0.15) is 0 Å². The van der Waals surface area contributed by atoms with Crippen LogP contribution in [-0.2, 0) is 9.59 Å². The molecule has 10 rings (SSSR count). The summed E-state index contributed by atoms with van der Waals surface area (Å²) in [7, 11) is 3.38. The van der Waals surface area contributed by atoms with Gasteiger partial charge < -0.3 is 36.8 Å². The first kappa shape index (κ1) is 58.2. The average molecular weight is 1040 g/mol. The Morgan fingerprint density at radius 2 is 0.840 bits per heavy atom. The van der Waals surface area contributed by atoms with Gasteiger partial charge in [-0.25, -0.2) is 0 Å². The number of allylic oxidation sites excluding steroid dienone is 2. The van der Waals surface area contributed by atoms with Crippen LogP contribution in [0.3, 0.4) is 0 Å². The highest BCUT2D eigenvalue weighted by Crippen LogP contribution is 2.78. The molecule has 0 bridgehead atoms. The Morgan fingerprint density at radius 3 is 1.15 bits per heavy atom. The van der Waals surface area contributed by atoms with Gasteiger partial charge in [-0.1, -0.05) is 120 Å². The number of hydrogen-bond donors (Lipinski definition) is 7. The van der Waals surface area contributed by atoms with Gasteiger partial charge >= 0.3 is 11.9 Å². The summed E-state index contributed by atoms with van der Waals surface area (Å²) in [4.78, 5) is 30.4. The number of carbonyl (C=O) groups is 2. The molecular weight excluding hydrogens is 935 g/mol. The van der Waals surface area contributed by atoms with Crippen molar-refractivity contribution in [3.05, 3.63) is 23.3 Å². The van der Waals surface area contributed by atoms with Crippen LogP contribution in [0.25, 0.3) is 0 Å². The van der Waals surface area contributed by atoms with Gasteiger partial charge in [0.05, 0.1) is 23.0 Å². The number of aliphatic hydroxyl groups excluding tert-OH is 2. The van der Waals surface area contributed by atoms with Crippen LogP contribution in [0.2, 0.25) is 0 Å². The van der Waals surface area contributed by atoms with Gasteiger partial charge in [-0.15, -0.1) is 0 Å². The molecule has 0 aliphatic heterocycles. The lowest BCUT2D eigenvalue weighted by molar-refractivity contribution is -0.229. The summed E-state index contributed by atoms with van der Waals surface area (Å²) in [5.74, 6) is 2.06. The van der Waals surface area contributed by atoms with E-state index in [0.29, 0.717) is 35.5 Å². The molecule has 9 N–H and O–H groups in total. The molecule has 424 valence electrons. The number of carboxylic acid groups (broad SMARTS) is 2. The van der Waals surface area contributed by atoms with Crippen LogP contribution in [0.4, 0.5) is 0 Å². The lowest BCUT2D eigenvalue weighted by Crippen LogP contribution is -2.66. The number of aliphatic imine (C=N–C) groups is 1. The zero-order chi connectivity index (χ0) is 55.9. The van der Waals surface area contributed by atoms with Crippen molar-refractivity contribution in [2.45, 2.75) is 238 Å². The fourth-order valence-corrected chi connectivity index (χ4v) is 21.6. The highest BCUT2D eigenvalue weighted by atomic mass is 16.4. The van der Waals surface area contributed by atoms with Crippen LogP contribution in [0.1, 0.15) is 225 Å². The number of aliphatic carboxylic acids is 2. The van der Waals surface area contributed by atoms with E-state index < -0.39 is 22.8 Å². The first-order valence-electron chi connectivity index (χ1n) is 30.0. The summed E-state index contributed by atoms with van der Waals surface area (Å²) in [5, 5.41) is 49.8. The highest BCUT2D eigenvalue weighted by molar-refractivity contribution is 5.91. The second-order valence-electron chi connectivity index (χ2n) is 31.7. The van der Waals surface area contributed by atoms with Crippen LogP contribution in [0, 0.1) is 106 Å². The summed E-state index contributed by atoms with van der Waals surface area (Å²) in [6, 6.07) is 0. The molecule has 0 radical (unpaired) electrons. The molecule has 0 aromatic rings. The fourth-order valence-electron chi connectivity index (χ4n) is 21.6. The number of rotatable bonds is 2. The Kier molecular flexibility index (Phi) is 14.4. The van der Waals surface area contributed by atoms with Gasteiger partial charge in [0.25, 0.3) is 0 Å². The summed E-state index contributed by atoms with van der Waals surface area (Å²) < 4.78 is 0. The number of aliphatic hydroxyl groups is 2. The molecule has 0 amide bonds.